The van der Waals surface area contributed by atoms with Crippen molar-refractivity contribution >= 4 is 23.0 Å². The van der Waals surface area contributed by atoms with Crippen LogP contribution in [0, 0.1) is 41.0 Å². The zero-order valence-electron chi connectivity index (χ0n) is 17.0. The first-order chi connectivity index (χ1) is 14.6. The molecule has 13 heteroatoms. The van der Waals surface area contributed by atoms with Crippen LogP contribution in [0.25, 0.3) is 0 Å². The molecule has 0 aliphatic heterocycles. The summed E-state index contributed by atoms with van der Waals surface area (Å²) in [4.78, 5) is 34.2. The van der Waals surface area contributed by atoms with Crippen LogP contribution in [0.2, 0.25) is 0 Å². The molecule has 1 aromatic carbocycles. The van der Waals surface area contributed by atoms with Gasteiger partial charge >= 0.3 is 5.69 Å². The highest BCUT2D eigenvalue weighted by Crippen LogP contribution is 2.30. The van der Waals surface area contributed by atoms with Gasteiger partial charge in [0.1, 0.15) is 28.6 Å². The third kappa shape index (κ3) is 4.05. The van der Waals surface area contributed by atoms with E-state index in [9.17, 15) is 25.0 Å². The van der Waals surface area contributed by atoms with E-state index < -0.39 is 15.8 Å². The Labute approximate surface area is 174 Å². The van der Waals surface area contributed by atoms with Crippen molar-refractivity contribution in [3.8, 4) is 5.75 Å². The average Bonchev–Trinajstić information content (AvgIpc) is 3.21. The lowest BCUT2D eigenvalue weighted by molar-refractivity contribution is -0.386. The van der Waals surface area contributed by atoms with Gasteiger partial charge in [0.25, 0.3) is 11.6 Å². The number of carbonyl (C=O) groups is 1. The largest absolute Gasteiger partial charge is 0.496 e. The minimum atomic E-state index is -0.740. The van der Waals surface area contributed by atoms with E-state index in [0.717, 1.165) is 0 Å². The summed E-state index contributed by atoms with van der Waals surface area (Å²) in [6.07, 6.45) is 0. The van der Waals surface area contributed by atoms with Crippen molar-refractivity contribution in [2.45, 2.75) is 27.3 Å². The number of aryl methyl sites for hydroxylation is 2. The molecule has 3 aromatic rings. The van der Waals surface area contributed by atoms with Crippen LogP contribution in [0.4, 0.5) is 17.1 Å². The third-order valence-electron chi connectivity index (χ3n) is 4.68. The standard InChI is InChI=1S/C18H18N6O7/c1-9-17(24(28)29)10(2)22(20-9)8-13-11(3)31-21-16(13)18(25)19-14-6-5-12(30-4)7-15(14)23(26)27/h5-7H,8H2,1-4H3,(H,19,25). The number of nitro benzene ring substituents is 1. The Morgan fingerprint density at radius 3 is 2.52 bits per heavy atom. The van der Waals surface area contributed by atoms with E-state index in [0.29, 0.717) is 17.0 Å². The minimum absolute atomic E-state index is 0.0106. The third-order valence-corrected chi connectivity index (χ3v) is 4.68. The van der Waals surface area contributed by atoms with Crippen LogP contribution in [-0.4, -0.2) is 37.8 Å². The summed E-state index contributed by atoms with van der Waals surface area (Å²) in [6.45, 7) is 4.62. The number of amides is 1. The van der Waals surface area contributed by atoms with E-state index in [2.05, 4.69) is 15.6 Å². The van der Waals surface area contributed by atoms with E-state index in [1.807, 2.05) is 0 Å². The predicted molar refractivity (Wildman–Crippen MR) is 106 cm³/mol. The number of nitrogens with one attached hydrogen (secondary N) is 1. The highest BCUT2D eigenvalue weighted by molar-refractivity contribution is 6.05. The molecule has 162 valence electrons. The Hall–Kier alpha value is -4.29. The first kappa shape index (κ1) is 21.4. The number of benzene rings is 1. The van der Waals surface area contributed by atoms with Crippen LogP contribution in [0.5, 0.6) is 5.75 Å². The summed E-state index contributed by atoms with van der Waals surface area (Å²) in [5.74, 6) is -0.172. The van der Waals surface area contributed by atoms with Crippen LogP contribution >= 0.6 is 0 Å². The lowest BCUT2D eigenvalue weighted by Crippen LogP contribution is -2.17. The first-order valence-electron chi connectivity index (χ1n) is 8.91. The molecule has 1 N–H and O–H groups in total. The van der Waals surface area contributed by atoms with Gasteiger partial charge in [-0.2, -0.15) is 5.10 Å². The highest BCUT2D eigenvalue weighted by atomic mass is 16.6. The molecule has 3 rings (SSSR count). The number of carbonyl (C=O) groups excluding carboxylic acids is 1. The molecule has 0 radical (unpaired) electrons. The van der Waals surface area contributed by atoms with Crippen LogP contribution < -0.4 is 10.1 Å². The Morgan fingerprint density at radius 1 is 1.23 bits per heavy atom. The molecule has 0 saturated carbocycles. The Balaban J connectivity index is 1.93. The summed E-state index contributed by atoms with van der Waals surface area (Å²) in [5.41, 5.74) is 0.241. The van der Waals surface area contributed by atoms with Gasteiger partial charge in [0.2, 0.25) is 0 Å². The van der Waals surface area contributed by atoms with Gasteiger partial charge < -0.3 is 14.6 Å². The van der Waals surface area contributed by atoms with Gasteiger partial charge in [-0.05, 0) is 32.9 Å². The maximum Gasteiger partial charge on any atom is 0.312 e. The SMILES string of the molecule is COc1ccc(NC(=O)c2noc(C)c2Cn2nc(C)c([N+](=O)[O-])c2C)c([N+](=O)[O-])c1. The van der Waals surface area contributed by atoms with Gasteiger partial charge in [-0.25, -0.2) is 0 Å². The van der Waals surface area contributed by atoms with E-state index in [1.165, 1.54) is 36.9 Å². The number of methoxy groups -OCH3 is 1. The van der Waals surface area contributed by atoms with E-state index in [1.54, 1.807) is 13.8 Å². The molecule has 0 spiro atoms. The molecule has 0 unspecified atom stereocenters. The maximum absolute atomic E-state index is 12.8. The van der Waals surface area contributed by atoms with Gasteiger partial charge in [-0.3, -0.25) is 29.7 Å². The molecule has 0 atom stereocenters. The molecular weight excluding hydrogens is 412 g/mol. The smallest absolute Gasteiger partial charge is 0.312 e. The minimum Gasteiger partial charge on any atom is -0.496 e. The van der Waals surface area contributed by atoms with Crippen LogP contribution in [-0.2, 0) is 6.54 Å². The van der Waals surface area contributed by atoms with Crippen LogP contribution in [0.3, 0.4) is 0 Å². The molecule has 0 aliphatic carbocycles. The summed E-state index contributed by atoms with van der Waals surface area (Å²) in [5, 5.41) is 32.9. The molecule has 0 aliphatic rings. The summed E-state index contributed by atoms with van der Waals surface area (Å²) in [7, 11) is 1.37. The number of nitrogens with zero attached hydrogens (tertiary/aromatic N) is 5. The normalized spacial score (nSPS) is 10.7. The fourth-order valence-electron chi connectivity index (χ4n) is 3.09. The number of ether oxygens (including phenoxy) is 1. The van der Waals surface area contributed by atoms with Crippen molar-refractivity contribution in [3.63, 3.8) is 0 Å². The highest BCUT2D eigenvalue weighted by Gasteiger charge is 2.27. The van der Waals surface area contributed by atoms with Gasteiger partial charge in [-0.1, -0.05) is 5.16 Å². The first-order valence-corrected chi connectivity index (χ1v) is 8.91. The van der Waals surface area contributed by atoms with E-state index >= 15 is 0 Å². The van der Waals surface area contributed by atoms with Crippen LogP contribution in [0.1, 0.15) is 33.2 Å². The number of hydrogen-bond donors (Lipinski definition) is 1. The van der Waals surface area contributed by atoms with Gasteiger partial charge in [0.15, 0.2) is 5.69 Å². The second-order valence-corrected chi connectivity index (χ2v) is 6.59. The van der Waals surface area contributed by atoms with Crippen molar-refractivity contribution < 1.29 is 23.9 Å². The number of nitro groups is 2. The van der Waals surface area contributed by atoms with Crippen LogP contribution in [0.15, 0.2) is 22.7 Å². The quantitative estimate of drug-likeness (QED) is 0.437. The van der Waals surface area contributed by atoms with E-state index in [4.69, 9.17) is 9.26 Å². The number of rotatable bonds is 7. The van der Waals surface area contributed by atoms with Crippen molar-refractivity contribution in [3.05, 3.63) is 66.8 Å². The van der Waals surface area contributed by atoms with Gasteiger partial charge in [0.05, 0.1) is 29.6 Å². The molecule has 0 fully saturated rings. The number of hydrogen-bond acceptors (Lipinski definition) is 9. The van der Waals surface area contributed by atoms with Gasteiger partial charge in [0, 0.05) is 5.56 Å². The monoisotopic (exact) mass is 430 g/mol. The Morgan fingerprint density at radius 2 is 1.94 bits per heavy atom. The lowest BCUT2D eigenvalue weighted by Gasteiger charge is -2.08. The Bertz CT molecular complexity index is 1200. The van der Waals surface area contributed by atoms with Crippen molar-refractivity contribution in [1.82, 2.24) is 14.9 Å². The van der Waals surface area contributed by atoms with Crippen molar-refractivity contribution in [1.29, 1.82) is 0 Å². The average molecular weight is 430 g/mol. The zero-order valence-corrected chi connectivity index (χ0v) is 17.0. The van der Waals surface area contributed by atoms with Crippen molar-refractivity contribution in [2.75, 3.05) is 12.4 Å². The second-order valence-electron chi connectivity index (χ2n) is 6.59. The molecule has 13 nitrogen and oxygen atoms in total. The molecule has 0 saturated heterocycles. The topological polar surface area (TPSA) is 168 Å². The predicted octanol–water partition coefficient (Wildman–Crippen LogP) is 2.92. The number of aromatic nitrogens is 3. The summed E-state index contributed by atoms with van der Waals surface area (Å²) >= 11 is 0. The molecular formula is C18H18N6O7. The Kier molecular flexibility index (Phi) is 5.68. The fraction of sp³-hybridized carbons (Fsp3) is 0.278. The van der Waals surface area contributed by atoms with Crippen molar-refractivity contribution in [2.24, 2.45) is 0 Å². The molecule has 0 bridgehead atoms. The fourth-order valence-corrected chi connectivity index (χ4v) is 3.09. The zero-order chi connectivity index (χ0) is 22.9. The van der Waals surface area contributed by atoms with E-state index in [-0.39, 0.29) is 40.7 Å². The lowest BCUT2D eigenvalue weighted by atomic mass is 10.1. The molecule has 31 heavy (non-hydrogen) atoms. The summed E-state index contributed by atoms with van der Waals surface area (Å²) < 4.78 is 11.5. The van der Waals surface area contributed by atoms with Gasteiger partial charge in [-0.15, -0.1) is 0 Å². The molecule has 2 heterocycles. The maximum atomic E-state index is 12.8. The molecule has 2 aromatic heterocycles. The molecule has 1 amide bonds. The second kappa shape index (κ2) is 8.22. The summed E-state index contributed by atoms with van der Waals surface area (Å²) in [6, 6.07) is 3.98. The number of anilines is 1.